The molecule has 0 heterocycles. The van der Waals surface area contributed by atoms with Gasteiger partial charge in [0.2, 0.25) is 0 Å². The molecule has 0 bridgehead atoms. The highest BCUT2D eigenvalue weighted by Crippen LogP contribution is 2.49. The molecule has 0 N–H and O–H groups in total. The molecule has 0 spiro atoms. The van der Waals surface area contributed by atoms with Crippen LogP contribution in [0.15, 0.2) is 34.1 Å². The fourth-order valence-corrected chi connectivity index (χ4v) is 7.61. The number of ether oxygens (including phenoxy) is 2. The Morgan fingerprint density at radius 1 is 0.714 bits per heavy atom. The van der Waals surface area contributed by atoms with Gasteiger partial charge in [-0.3, -0.25) is 0 Å². The lowest BCUT2D eigenvalue weighted by Gasteiger charge is -2.19. The number of hydrogen-bond acceptors (Lipinski definition) is 7. The van der Waals surface area contributed by atoms with Crippen molar-refractivity contribution < 1.29 is 19.1 Å². The molecule has 35 heavy (non-hydrogen) atoms. The van der Waals surface area contributed by atoms with E-state index in [1.165, 1.54) is 31.4 Å². The minimum atomic E-state index is -0.428. The highest BCUT2D eigenvalue weighted by Gasteiger charge is 2.18. The Morgan fingerprint density at radius 3 is 1.37 bits per heavy atom. The second kappa shape index (κ2) is 14.4. The molecule has 0 aliphatic heterocycles. The monoisotopic (exact) mass is 576 g/mol. The standard InChI is InChI=1S/C24H30Cl2N2O4S3/c1-7-27(8-2)23(29)31-19-13-21(15(5)11-17(19)25)33-35-34-22-14-20(18(26)12-16(22)6)32-24(30)28(9-3)10-4/h11-14H,7-10H2,1-6H3. The summed E-state index contributed by atoms with van der Waals surface area (Å²) < 4.78 is 11.1. The molecule has 11 heteroatoms. The molecule has 0 aliphatic rings. The maximum atomic E-state index is 12.4. The normalized spacial score (nSPS) is 10.7. The van der Waals surface area contributed by atoms with Gasteiger partial charge in [-0.1, -0.05) is 23.2 Å². The van der Waals surface area contributed by atoms with Crippen molar-refractivity contribution in [1.29, 1.82) is 0 Å². The fraction of sp³-hybridized carbons (Fsp3) is 0.417. The van der Waals surface area contributed by atoms with Gasteiger partial charge in [0.1, 0.15) is 0 Å². The van der Waals surface area contributed by atoms with Crippen LogP contribution in [0.25, 0.3) is 0 Å². The van der Waals surface area contributed by atoms with Gasteiger partial charge in [0.25, 0.3) is 0 Å². The molecule has 0 radical (unpaired) electrons. The Hall–Kier alpha value is -1.39. The zero-order chi connectivity index (χ0) is 26.1. The van der Waals surface area contributed by atoms with Crippen LogP contribution in [0.3, 0.4) is 0 Å². The average molecular weight is 578 g/mol. The quantitative estimate of drug-likeness (QED) is 0.262. The maximum absolute atomic E-state index is 12.4. The summed E-state index contributed by atoms with van der Waals surface area (Å²) in [6.45, 7) is 13.7. The molecule has 2 aromatic carbocycles. The molecule has 192 valence electrons. The van der Waals surface area contributed by atoms with E-state index in [9.17, 15) is 9.59 Å². The second-order valence-corrected chi connectivity index (χ2v) is 12.2. The molecule has 0 aliphatic carbocycles. The Kier molecular flexibility index (Phi) is 12.3. The molecule has 0 saturated carbocycles. The zero-order valence-corrected chi connectivity index (χ0v) is 24.6. The van der Waals surface area contributed by atoms with Crippen molar-refractivity contribution in [2.45, 2.75) is 51.3 Å². The zero-order valence-electron chi connectivity index (χ0n) is 20.6. The number of carbonyl (C=O) groups excluding carboxylic acids is 2. The van der Waals surface area contributed by atoms with Crippen molar-refractivity contribution in [1.82, 2.24) is 9.80 Å². The first-order chi connectivity index (χ1) is 16.6. The highest BCUT2D eigenvalue weighted by atomic mass is 35.5. The number of benzene rings is 2. The first-order valence-electron chi connectivity index (χ1n) is 11.2. The molecular formula is C24H30Cl2N2O4S3. The van der Waals surface area contributed by atoms with Crippen LogP contribution in [0.2, 0.25) is 10.0 Å². The van der Waals surface area contributed by atoms with Crippen LogP contribution in [0.1, 0.15) is 38.8 Å². The van der Waals surface area contributed by atoms with Gasteiger partial charge in [-0.25, -0.2) is 9.59 Å². The van der Waals surface area contributed by atoms with Crippen LogP contribution in [0.5, 0.6) is 11.5 Å². The van der Waals surface area contributed by atoms with Crippen molar-refractivity contribution in [3.8, 4) is 11.5 Å². The largest absolute Gasteiger partial charge is 0.415 e. The maximum Gasteiger partial charge on any atom is 0.415 e. The molecule has 0 unspecified atom stereocenters. The van der Waals surface area contributed by atoms with Gasteiger partial charge in [-0.2, -0.15) is 0 Å². The summed E-state index contributed by atoms with van der Waals surface area (Å²) in [6.07, 6.45) is -0.857. The van der Waals surface area contributed by atoms with Gasteiger partial charge in [0.15, 0.2) is 11.5 Å². The summed E-state index contributed by atoms with van der Waals surface area (Å²) in [5, 5.41) is 0.774. The molecule has 0 atom stereocenters. The SMILES string of the molecule is CCN(CC)C(=O)Oc1cc(SSSc2cc(OC(=O)N(CC)CC)c(Cl)cc2C)c(C)cc1Cl. The molecule has 0 saturated heterocycles. The van der Waals surface area contributed by atoms with Crippen LogP contribution in [0.4, 0.5) is 9.59 Å². The Balaban J connectivity index is 2.12. The molecule has 0 aromatic heterocycles. The first-order valence-corrected chi connectivity index (χ1v) is 15.4. The minimum Gasteiger partial charge on any atom is -0.409 e. The number of amides is 2. The predicted molar refractivity (Wildman–Crippen MR) is 150 cm³/mol. The van der Waals surface area contributed by atoms with Gasteiger partial charge < -0.3 is 19.3 Å². The van der Waals surface area contributed by atoms with E-state index < -0.39 is 12.2 Å². The van der Waals surface area contributed by atoms with E-state index in [-0.39, 0.29) is 0 Å². The van der Waals surface area contributed by atoms with Crippen LogP contribution >= 0.6 is 54.6 Å². The molecule has 2 aromatic rings. The number of hydrogen-bond donors (Lipinski definition) is 0. The smallest absolute Gasteiger partial charge is 0.409 e. The fourth-order valence-electron chi connectivity index (χ4n) is 2.98. The number of nitrogens with zero attached hydrogens (tertiary/aromatic N) is 2. The summed E-state index contributed by atoms with van der Waals surface area (Å²) in [5.74, 6) is 0.658. The van der Waals surface area contributed by atoms with Crippen molar-refractivity contribution in [3.05, 3.63) is 45.4 Å². The van der Waals surface area contributed by atoms with Gasteiger partial charge in [0.05, 0.1) is 10.0 Å². The van der Waals surface area contributed by atoms with E-state index in [0.717, 1.165) is 20.9 Å². The van der Waals surface area contributed by atoms with Crippen LogP contribution in [-0.4, -0.2) is 48.2 Å². The van der Waals surface area contributed by atoms with Crippen molar-refractivity contribution in [3.63, 3.8) is 0 Å². The van der Waals surface area contributed by atoms with Crippen molar-refractivity contribution in [2.24, 2.45) is 0 Å². The number of aryl methyl sites for hydroxylation is 2. The Morgan fingerprint density at radius 2 is 1.06 bits per heavy atom. The predicted octanol–water partition coefficient (Wildman–Crippen LogP) is 8.74. The van der Waals surface area contributed by atoms with Crippen LogP contribution in [0, 0.1) is 13.8 Å². The van der Waals surface area contributed by atoms with Crippen LogP contribution in [-0.2, 0) is 0 Å². The highest BCUT2D eigenvalue weighted by molar-refractivity contribution is 9.09. The van der Waals surface area contributed by atoms with E-state index in [1.54, 1.807) is 34.1 Å². The van der Waals surface area contributed by atoms with Gasteiger partial charge in [0, 0.05) is 36.0 Å². The van der Waals surface area contributed by atoms with Crippen molar-refractivity contribution in [2.75, 3.05) is 26.2 Å². The Labute approximate surface area is 229 Å². The summed E-state index contributed by atoms with van der Waals surface area (Å²) in [7, 11) is 4.58. The number of rotatable bonds is 10. The van der Waals surface area contributed by atoms with E-state index in [2.05, 4.69) is 0 Å². The Bertz CT molecular complexity index is 966. The third kappa shape index (κ3) is 8.32. The van der Waals surface area contributed by atoms with E-state index >= 15 is 0 Å². The molecular weight excluding hydrogens is 547 g/mol. The summed E-state index contributed by atoms with van der Waals surface area (Å²) >= 11 is 12.7. The number of halogens is 2. The van der Waals surface area contributed by atoms with E-state index in [1.807, 2.05) is 41.5 Å². The molecule has 0 fully saturated rings. The average Bonchev–Trinajstić information content (AvgIpc) is 2.81. The summed E-state index contributed by atoms with van der Waals surface area (Å²) in [4.78, 5) is 29.7. The third-order valence-corrected chi connectivity index (χ3v) is 9.82. The lowest BCUT2D eigenvalue weighted by molar-refractivity contribution is 0.156. The second-order valence-electron chi connectivity index (χ2n) is 7.41. The van der Waals surface area contributed by atoms with E-state index in [4.69, 9.17) is 32.7 Å². The van der Waals surface area contributed by atoms with Gasteiger partial charge in [-0.05, 0) is 108 Å². The molecule has 2 amide bonds. The topological polar surface area (TPSA) is 59.1 Å². The molecule has 6 nitrogen and oxygen atoms in total. The molecule has 2 rings (SSSR count). The first kappa shape index (κ1) is 29.8. The van der Waals surface area contributed by atoms with Crippen molar-refractivity contribution >= 4 is 66.8 Å². The van der Waals surface area contributed by atoms with Gasteiger partial charge in [-0.15, -0.1) is 0 Å². The number of carbonyl (C=O) groups is 2. The van der Waals surface area contributed by atoms with Crippen LogP contribution < -0.4 is 9.47 Å². The lowest BCUT2D eigenvalue weighted by Crippen LogP contribution is -2.33. The third-order valence-electron chi connectivity index (χ3n) is 5.14. The minimum absolute atomic E-state index is 0.329. The lowest BCUT2D eigenvalue weighted by atomic mass is 10.2. The van der Waals surface area contributed by atoms with E-state index in [0.29, 0.717) is 47.7 Å². The summed E-state index contributed by atoms with van der Waals surface area (Å²) in [6, 6.07) is 7.14. The van der Waals surface area contributed by atoms with Gasteiger partial charge >= 0.3 is 12.2 Å². The summed E-state index contributed by atoms with van der Waals surface area (Å²) in [5.41, 5.74) is 1.94.